The van der Waals surface area contributed by atoms with Crippen LogP contribution in [0.25, 0.3) is 0 Å². The molecule has 1 aromatic heterocycles. The summed E-state index contributed by atoms with van der Waals surface area (Å²) in [7, 11) is -3.16. The molecular weight excluding hydrogens is 366 g/mol. The molecule has 0 unspecified atom stereocenters. The number of carbonyl (C=O) groups is 2. The summed E-state index contributed by atoms with van der Waals surface area (Å²) in [6.45, 7) is 1.08. The molecule has 2 fully saturated rings. The average Bonchev–Trinajstić information content (AvgIpc) is 3.23. The molecule has 1 aliphatic carbocycles. The molecule has 3 rings (SSSR count). The van der Waals surface area contributed by atoms with Gasteiger partial charge in [-0.25, -0.2) is 8.42 Å². The molecular formula is C19H27N3O4S. The van der Waals surface area contributed by atoms with E-state index in [0.29, 0.717) is 31.5 Å². The van der Waals surface area contributed by atoms with Crippen LogP contribution < -0.4 is 5.32 Å². The summed E-state index contributed by atoms with van der Waals surface area (Å²) in [5.74, 6) is -0.308. The number of hydrogen-bond acceptors (Lipinski definition) is 5. The number of piperidine rings is 1. The molecule has 1 saturated carbocycles. The van der Waals surface area contributed by atoms with E-state index >= 15 is 0 Å². The summed E-state index contributed by atoms with van der Waals surface area (Å²) in [6, 6.07) is 3.45. The van der Waals surface area contributed by atoms with Crippen molar-refractivity contribution in [3.63, 3.8) is 0 Å². The number of amides is 2. The van der Waals surface area contributed by atoms with Crippen LogP contribution in [0.15, 0.2) is 24.5 Å². The van der Waals surface area contributed by atoms with Gasteiger partial charge in [0.25, 0.3) is 5.91 Å². The fourth-order valence-electron chi connectivity index (χ4n) is 3.84. The molecule has 8 heteroatoms. The standard InChI is InChI=1S/C19H27N3O4S/c23-18(9-13-27(25,26)17-5-1-2-6-17)22-11-7-16(8-12-22)21-19(24)15-4-3-10-20-14-15/h3-4,10,14,16-17H,1-2,5-9,11-13H2,(H,21,24). The van der Waals surface area contributed by atoms with Gasteiger partial charge in [0.15, 0.2) is 9.84 Å². The lowest BCUT2D eigenvalue weighted by Crippen LogP contribution is -2.46. The highest BCUT2D eigenvalue weighted by Crippen LogP contribution is 2.25. The van der Waals surface area contributed by atoms with Gasteiger partial charge in [-0.05, 0) is 37.8 Å². The third-order valence-electron chi connectivity index (χ3n) is 5.52. The van der Waals surface area contributed by atoms with Gasteiger partial charge in [0.05, 0.1) is 16.6 Å². The number of sulfone groups is 1. The van der Waals surface area contributed by atoms with Crippen molar-refractivity contribution in [3.8, 4) is 0 Å². The summed E-state index contributed by atoms with van der Waals surface area (Å²) in [5, 5.41) is 2.72. The summed E-state index contributed by atoms with van der Waals surface area (Å²) in [6.07, 6.45) is 7.96. The highest BCUT2D eigenvalue weighted by Gasteiger charge is 2.30. The van der Waals surface area contributed by atoms with E-state index in [4.69, 9.17) is 0 Å². The van der Waals surface area contributed by atoms with Gasteiger partial charge in [-0.15, -0.1) is 0 Å². The number of likely N-dealkylation sites (tertiary alicyclic amines) is 1. The van der Waals surface area contributed by atoms with Crippen LogP contribution in [-0.4, -0.2) is 60.3 Å². The Labute approximate surface area is 160 Å². The summed E-state index contributed by atoms with van der Waals surface area (Å²) in [5.41, 5.74) is 0.521. The van der Waals surface area contributed by atoms with E-state index < -0.39 is 9.84 Å². The molecule has 2 aliphatic rings. The van der Waals surface area contributed by atoms with Crippen molar-refractivity contribution in [1.82, 2.24) is 15.2 Å². The first-order chi connectivity index (χ1) is 13.0. The van der Waals surface area contributed by atoms with Crippen LogP contribution in [0.1, 0.15) is 55.3 Å². The number of aromatic nitrogens is 1. The number of pyridine rings is 1. The quantitative estimate of drug-likeness (QED) is 0.791. The zero-order chi connectivity index (χ0) is 19.3. The number of carbonyl (C=O) groups excluding carboxylic acids is 2. The Balaban J connectivity index is 1.42. The topological polar surface area (TPSA) is 96.4 Å². The van der Waals surface area contributed by atoms with Crippen LogP contribution in [0.2, 0.25) is 0 Å². The molecule has 0 aromatic carbocycles. The van der Waals surface area contributed by atoms with Crippen LogP contribution in [0.5, 0.6) is 0 Å². The minimum atomic E-state index is -3.16. The lowest BCUT2D eigenvalue weighted by Gasteiger charge is -2.32. The molecule has 1 aromatic rings. The summed E-state index contributed by atoms with van der Waals surface area (Å²) < 4.78 is 24.6. The zero-order valence-electron chi connectivity index (χ0n) is 15.5. The number of nitrogens with one attached hydrogen (secondary N) is 1. The molecule has 148 valence electrons. The number of rotatable bonds is 6. The third-order valence-corrected chi connectivity index (χ3v) is 7.78. The minimum Gasteiger partial charge on any atom is -0.349 e. The Morgan fingerprint density at radius 1 is 1.15 bits per heavy atom. The first kappa shape index (κ1) is 19.8. The maximum atomic E-state index is 12.4. The van der Waals surface area contributed by atoms with Crippen LogP contribution >= 0.6 is 0 Å². The smallest absolute Gasteiger partial charge is 0.253 e. The van der Waals surface area contributed by atoms with E-state index in [9.17, 15) is 18.0 Å². The molecule has 1 saturated heterocycles. The lowest BCUT2D eigenvalue weighted by molar-refractivity contribution is -0.131. The second-order valence-electron chi connectivity index (χ2n) is 7.39. The van der Waals surface area contributed by atoms with Gasteiger partial charge in [0, 0.05) is 37.9 Å². The molecule has 2 heterocycles. The van der Waals surface area contributed by atoms with Crippen molar-refractivity contribution in [1.29, 1.82) is 0 Å². The fourth-order valence-corrected chi connectivity index (χ4v) is 5.68. The second-order valence-corrected chi connectivity index (χ2v) is 9.79. The molecule has 0 spiro atoms. The van der Waals surface area contributed by atoms with Gasteiger partial charge in [-0.2, -0.15) is 0 Å². The minimum absolute atomic E-state index is 0.0176. The monoisotopic (exact) mass is 393 g/mol. The van der Waals surface area contributed by atoms with Crippen molar-refractivity contribution in [2.45, 2.75) is 56.2 Å². The van der Waals surface area contributed by atoms with E-state index in [1.54, 1.807) is 23.2 Å². The maximum Gasteiger partial charge on any atom is 0.253 e. The molecule has 2 amide bonds. The fraction of sp³-hybridized carbons (Fsp3) is 0.632. The Bertz CT molecular complexity index is 752. The van der Waals surface area contributed by atoms with E-state index in [1.165, 1.54) is 6.20 Å². The summed E-state index contributed by atoms with van der Waals surface area (Å²) >= 11 is 0. The van der Waals surface area contributed by atoms with Crippen LogP contribution in [0.3, 0.4) is 0 Å². The van der Waals surface area contributed by atoms with Crippen LogP contribution in [-0.2, 0) is 14.6 Å². The van der Waals surface area contributed by atoms with E-state index in [2.05, 4.69) is 10.3 Å². The molecule has 27 heavy (non-hydrogen) atoms. The maximum absolute atomic E-state index is 12.4. The first-order valence-corrected chi connectivity index (χ1v) is 11.4. The Hall–Kier alpha value is -1.96. The van der Waals surface area contributed by atoms with Gasteiger partial charge in [0.1, 0.15) is 0 Å². The molecule has 1 N–H and O–H groups in total. The molecule has 1 aliphatic heterocycles. The Morgan fingerprint density at radius 3 is 2.48 bits per heavy atom. The van der Waals surface area contributed by atoms with Crippen molar-refractivity contribution >= 4 is 21.7 Å². The highest BCUT2D eigenvalue weighted by molar-refractivity contribution is 7.92. The predicted molar refractivity (Wildman–Crippen MR) is 102 cm³/mol. The molecule has 0 atom stereocenters. The Morgan fingerprint density at radius 2 is 1.85 bits per heavy atom. The normalized spacial score (nSPS) is 19.2. The van der Waals surface area contributed by atoms with E-state index in [0.717, 1.165) is 25.7 Å². The molecule has 0 radical (unpaired) electrons. The Kier molecular flexibility index (Phi) is 6.46. The lowest BCUT2D eigenvalue weighted by atomic mass is 10.0. The first-order valence-electron chi connectivity index (χ1n) is 9.66. The van der Waals surface area contributed by atoms with E-state index in [1.807, 2.05) is 0 Å². The van der Waals surface area contributed by atoms with Gasteiger partial charge in [0.2, 0.25) is 5.91 Å². The predicted octanol–water partition coefficient (Wildman–Crippen LogP) is 1.55. The van der Waals surface area contributed by atoms with Gasteiger partial charge in [-0.3, -0.25) is 14.6 Å². The van der Waals surface area contributed by atoms with Gasteiger partial charge in [-0.1, -0.05) is 12.8 Å². The third kappa shape index (κ3) is 5.28. The zero-order valence-corrected chi connectivity index (χ0v) is 16.3. The van der Waals surface area contributed by atoms with Crippen molar-refractivity contribution in [2.75, 3.05) is 18.8 Å². The van der Waals surface area contributed by atoms with Crippen molar-refractivity contribution < 1.29 is 18.0 Å². The van der Waals surface area contributed by atoms with Crippen molar-refractivity contribution in [2.24, 2.45) is 0 Å². The largest absolute Gasteiger partial charge is 0.349 e. The van der Waals surface area contributed by atoms with Crippen LogP contribution in [0.4, 0.5) is 0 Å². The number of hydrogen-bond donors (Lipinski definition) is 1. The second kappa shape index (κ2) is 8.82. The number of nitrogens with zero attached hydrogens (tertiary/aromatic N) is 2. The SMILES string of the molecule is O=C(NC1CCN(C(=O)CCS(=O)(=O)C2CCCC2)CC1)c1cccnc1. The van der Waals surface area contributed by atoms with Crippen LogP contribution in [0, 0.1) is 0 Å². The van der Waals surface area contributed by atoms with Gasteiger partial charge >= 0.3 is 0 Å². The van der Waals surface area contributed by atoms with Gasteiger partial charge < -0.3 is 10.2 Å². The van der Waals surface area contributed by atoms with E-state index in [-0.39, 0.29) is 35.3 Å². The van der Waals surface area contributed by atoms with Crippen molar-refractivity contribution in [3.05, 3.63) is 30.1 Å². The molecule has 0 bridgehead atoms. The average molecular weight is 394 g/mol. The molecule has 7 nitrogen and oxygen atoms in total. The summed E-state index contributed by atoms with van der Waals surface area (Å²) in [4.78, 5) is 30.2. The highest BCUT2D eigenvalue weighted by atomic mass is 32.2.